The fraction of sp³-hybridized carbons (Fsp3) is 0.636. The summed E-state index contributed by atoms with van der Waals surface area (Å²) in [5.41, 5.74) is 0. The first-order valence-corrected chi connectivity index (χ1v) is 5.89. The minimum Gasteiger partial charge on any atom is -0.480 e. The van der Waals surface area contributed by atoms with Gasteiger partial charge >= 0.3 is 18.0 Å². The van der Waals surface area contributed by atoms with E-state index in [1.165, 1.54) is 4.90 Å². The fourth-order valence-corrected chi connectivity index (χ4v) is 1.13. The van der Waals surface area contributed by atoms with E-state index in [1.54, 1.807) is 14.0 Å². The number of ether oxygens (including phenoxy) is 1. The van der Waals surface area contributed by atoms with Crippen molar-refractivity contribution in [2.75, 3.05) is 27.2 Å². The Hall–Kier alpha value is -2.32. The van der Waals surface area contributed by atoms with Crippen LogP contribution in [-0.2, 0) is 19.1 Å². The third-order valence-electron chi connectivity index (χ3n) is 2.50. The summed E-state index contributed by atoms with van der Waals surface area (Å²) in [4.78, 5) is 46.1. The van der Waals surface area contributed by atoms with Crippen molar-refractivity contribution in [2.24, 2.45) is 0 Å². The fourth-order valence-electron chi connectivity index (χ4n) is 1.13. The monoisotopic (exact) mass is 289 g/mol. The van der Waals surface area contributed by atoms with Crippen molar-refractivity contribution in [3.05, 3.63) is 0 Å². The van der Waals surface area contributed by atoms with Crippen LogP contribution in [0.15, 0.2) is 0 Å². The molecule has 0 aromatic carbocycles. The Bertz CT molecular complexity index is 384. The number of carbonyl (C=O) groups is 4. The Morgan fingerprint density at radius 2 is 1.90 bits per heavy atom. The third kappa shape index (κ3) is 6.57. The molecular formula is C11H19N3O6. The van der Waals surface area contributed by atoms with E-state index >= 15 is 0 Å². The number of carboxylic acids is 1. The van der Waals surface area contributed by atoms with Crippen molar-refractivity contribution in [3.63, 3.8) is 0 Å². The Kier molecular flexibility index (Phi) is 7.71. The Morgan fingerprint density at radius 1 is 1.30 bits per heavy atom. The summed E-state index contributed by atoms with van der Waals surface area (Å²) in [6.45, 7) is 2.00. The number of carbonyl (C=O) groups excluding carboxylic acids is 3. The molecule has 0 aliphatic carbocycles. The van der Waals surface area contributed by atoms with Crippen LogP contribution in [0.1, 0.15) is 13.3 Å². The molecular weight excluding hydrogens is 270 g/mol. The van der Waals surface area contributed by atoms with Crippen LogP contribution in [-0.4, -0.2) is 67.2 Å². The summed E-state index contributed by atoms with van der Waals surface area (Å²) in [6, 6.07) is -2.26. The first-order chi connectivity index (χ1) is 9.31. The zero-order valence-corrected chi connectivity index (χ0v) is 11.6. The van der Waals surface area contributed by atoms with Gasteiger partial charge in [0.25, 0.3) is 0 Å². The summed E-state index contributed by atoms with van der Waals surface area (Å²) in [7, 11) is 2.68. The van der Waals surface area contributed by atoms with E-state index in [1.807, 2.05) is 0 Å². The van der Waals surface area contributed by atoms with Gasteiger partial charge in [-0.1, -0.05) is 0 Å². The van der Waals surface area contributed by atoms with Gasteiger partial charge in [-0.3, -0.25) is 9.59 Å². The highest BCUT2D eigenvalue weighted by atomic mass is 16.5. The highest BCUT2D eigenvalue weighted by Crippen LogP contribution is 1.95. The summed E-state index contributed by atoms with van der Waals surface area (Å²) < 4.78 is 4.32. The molecule has 0 aromatic heterocycles. The first kappa shape index (κ1) is 17.7. The molecule has 0 spiro atoms. The number of likely N-dealkylation sites (N-methyl/N-ethyl adjacent to an activating group) is 1. The zero-order chi connectivity index (χ0) is 15.7. The van der Waals surface area contributed by atoms with Crippen LogP contribution in [0, 0.1) is 0 Å². The lowest BCUT2D eigenvalue weighted by atomic mass is 10.2. The molecule has 0 unspecified atom stereocenters. The van der Waals surface area contributed by atoms with E-state index < -0.39 is 30.4 Å². The number of urea groups is 1. The number of amides is 3. The molecule has 0 bridgehead atoms. The van der Waals surface area contributed by atoms with Crippen LogP contribution >= 0.6 is 0 Å². The van der Waals surface area contributed by atoms with Gasteiger partial charge in [0.2, 0.25) is 5.91 Å². The number of carboxylic acid groups (broad SMARTS) is 1. The van der Waals surface area contributed by atoms with Gasteiger partial charge in [0, 0.05) is 13.6 Å². The molecule has 0 saturated heterocycles. The van der Waals surface area contributed by atoms with E-state index in [-0.39, 0.29) is 12.5 Å². The van der Waals surface area contributed by atoms with E-state index in [4.69, 9.17) is 5.11 Å². The summed E-state index contributed by atoms with van der Waals surface area (Å²) in [5, 5.41) is 13.1. The second-order valence-electron chi connectivity index (χ2n) is 3.91. The van der Waals surface area contributed by atoms with Crippen LogP contribution in [0.25, 0.3) is 0 Å². The number of aliphatic carboxylic acids is 1. The van der Waals surface area contributed by atoms with Crippen LogP contribution in [0.4, 0.5) is 4.79 Å². The molecule has 3 amide bonds. The van der Waals surface area contributed by atoms with Gasteiger partial charge in [-0.25, -0.2) is 9.59 Å². The Balaban J connectivity index is 4.30. The Labute approximate surface area is 116 Å². The normalized spacial score (nSPS) is 11.2. The lowest BCUT2D eigenvalue weighted by molar-refractivity contribution is -0.147. The maximum absolute atomic E-state index is 11.4. The minimum absolute atomic E-state index is 0.263. The highest BCUT2D eigenvalue weighted by Gasteiger charge is 2.23. The summed E-state index contributed by atoms with van der Waals surface area (Å²) in [6.07, 6.45) is -0.498. The predicted octanol–water partition coefficient (Wildman–Crippen LogP) is -1.22. The van der Waals surface area contributed by atoms with Gasteiger partial charge < -0.3 is 25.4 Å². The van der Waals surface area contributed by atoms with Gasteiger partial charge in [-0.15, -0.1) is 0 Å². The first-order valence-electron chi connectivity index (χ1n) is 5.89. The standard InChI is InChI=1S/C11H19N3O6/c1-4-14(2)8(15)6-12-11(19)13-7(10(17)18)5-9(16)20-3/h7H,4-6H2,1-3H3,(H,17,18)(H2,12,13,19)/t7-/m0/s1. The smallest absolute Gasteiger partial charge is 0.326 e. The summed E-state index contributed by atoms with van der Waals surface area (Å²) in [5.74, 6) is -2.45. The molecule has 0 aromatic rings. The van der Waals surface area contributed by atoms with Crippen molar-refractivity contribution in [1.82, 2.24) is 15.5 Å². The zero-order valence-electron chi connectivity index (χ0n) is 11.6. The van der Waals surface area contributed by atoms with E-state index in [0.717, 1.165) is 7.11 Å². The molecule has 0 radical (unpaired) electrons. The van der Waals surface area contributed by atoms with E-state index in [9.17, 15) is 19.2 Å². The average Bonchev–Trinajstić information content (AvgIpc) is 2.42. The largest absolute Gasteiger partial charge is 0.480 e. The molecule has 0 aliphatic rings. The second-order valence-corrected chi connectivity index (χ2v) is 3.91. The van der Waals surface area contributed by atoms with Gasteiger partial charge in [-0.2, -0.15) is 0 Å². The molecule has 9 nitrogen and oxygen atoms in total. The highest BCUT2D eigenvalue weighted by molar-refractivity contribution is 5.88. The average molecular weight is 289 g/mol. The minimum atomic E-state index is -1.42. The van der Waals surface area contributed by atoms with Crippen molar-refractivity contribution < 1.29 is 29.0 Å². The van der Waals surface area contributed by atoms with Crippen molar-refractivity contribution >= 4 is 23.9 Å². The summed E-state index contributed by atoms with van der Waals surface area (Å²) >= 11 is 0. The lowest BCUT2D eigenvalue weighted by Crippen LogP contribution is -2.49. The van der Waals surface area contributed by atoms with Crippen LogP contribution in [0.5, 0.6) is 0 Å². The number of hydrogen-bond donors (Lipinski definition) is 3. The molecule has 0 saturated carbocycles. The molecule has 9 heteroatoms. The number of nitrogens with zero attached hydrogens (tertiary/aromatic N) is 1. The van der Waals surface area contributed by atoms with Crippen LogP contribution < -0.4 is 10.6 Å². The van der Waals surface area contributed by atoms with Gasteiger partial charge in [0.05, 0.1) is 20.1 Å². The number of hydrogen-bond acceptors (Lipinski definition) is 5. The van der Waals surface area contributed by atoms with E-state index in [2.05, 4.69) is 15.4 Å². The molecule has 1 atom stereocenters. The van der Waals surface area contributed by atoms with Crippen molar-refractivity contribution in [3.8, 4) is 0 Å². The number of rotatable bonds is 7. The van der Waals surface area contributed by atoms with Crippen molar-refractivity contribution in [1.29, 1.82) is 0 Å². The second kappa shape index (κ2) is 8.73. The maximum atomic E-state index is 11.4. The predicted molar refractivity (Wildman–Crippen MR) is 67.9 cm³/mol. The number of nitrogens with one attached hydrogen (secondary N) is 2. The number of esters is 1. The van der Waals surface area contributed by atoms with E-state index in [0.29, 0.717) is 6.54 Å². The Morgan fingerprint density at radius 3 is 2.35 bits per heavy atom. The number of methoxy groups -OCH3 is 1. The molecule has 0 heterocycles. The SMILES string of the molecule is CCN(C)C(=O)CNC(=O)N[C@@H](CC(=O)OC)C(=O)O. The molecule has 20 heavy (non-hydrogen) atoms. The van der Waals surface area contributed by atoms with Gasteiger partial charge in [0.15, 0.2) is 0 Å². The maximum Gasteiger partial charge on any atom is 0.326 e. The quantitative estimate of drug-likeness (QED) is 0.504. The molecule has 114 valence electrons. The van der Waals surface area contributed by atoms with Gasteiger partial charge in [-0.05, 0) is 6.92 Å². The topological polar surface area (TPSA) is 125 Å². The third-order valence-corrected chi connectivity index (χ3v) is 2.50. The van der Waals surface area contributed by atoms with Gasteiger partial charge in [0.1, 0.15) is 6.04 Å². The molecule has 0 aliphatic heterocycles. The molecule has 0 rings (SSSR count). The molecule has 0 fully saturated rings. The van der Waals surface area contributed by atoms with Crippen LogP contribution in [0.3, 0.4) is 0 Å². The lowest BCUT2D eigenvalue weighted by Gasteiger charge is -2.16. The molecule has 3 N–H and O–H groups in total. The van der Waals surface area contributed by atoms with Crippen LogP contribution in [0.2, 0.25) is 0 Å². The van der Waals surface area contributed by atoms with Crippen molar-refractivity contribution in [2.45, 2.75) is 19.4 Å².